The average molecular weight is 294 g/mol. The van der Waals surface area contributed by atoms with Gasteiger partial charge in [-0.15, -0.1) is 0 Å². The van der Waals surface area contributed by atoms with Crippen LogP contribution >= 0.6 is 11.6 Å². The van der Waals surface area contributed by atoms with E-state index in [4.69, 9.17) is 11.6 Å². The van der Waals surface area contributed by atoms with Crippen LogP contribution in [0.1, 0.15) is 32.8 Å². The van der Waals surface area contributed by atoms with Gasteiger partial charge in [0.05, 0.1) is 0 Å². The number of benzene rings is 1. The molecule has 1 aromatic rings. The Morgan fingerprint density at radius 3 is 2.60 bits per heavy atom. The number of hydrogen-bond acceptors (Lipinski definition) is 1. The van der Waals surface area contributed by atoms with Gasteiger partial charge in [-0.05, 0) is 24.0 Å². The number of nitrogens with one attached hydrogen (secondary N) is 2. The van der Waals surface area contributed by atoms with Crippen LogP contribution in [0.2, 0.25) is 5.02 Å². The Labute approximate surface area is 126 Å². The van der Waals surface area contributed by atoms with Crippen molar-refractivity contribution >= 4 is 17.6 Å². The summed E-state index contributed by atoms with van der Waals surface area (Å²) in [5, 5.41) is 7.66. The molecule has 2 N–H and O–H groups in total. The minimum atomic E-state index is -0.0505. The van der Waals surface area contributed by atoms with E-state index >= 15 is 0 Å². The molecule has 4 heteroatoms. The number of rotatable bonds is 4. The largest absolute Gasteiger partial charge is 0.356 e. The van der Waals surface area contributed by atoms with Gasteiger partial charge in [-0.2, -0.15) is 0 Å². The predicted molar refractivity (Wildman–Crippen MR) is 86.5 cm³/mol. The van der Waals surface area contributed by atoms with Crippen molar-refractivity contribution in [2.75, 3.05) is 13.6 Å². The molecule has 0 amide bonds. The first kappa shape index (κ1) is 15.2. The Kier molecular flexibility index (Phi) is 4.59. The highest BCUT2D eigenvalue weighted by Gasteiger charge is 2.33. The molecule has 1 fully saturated rings. The van der Waals surface area contributed by atoms with Gasteiger partial charge in [0.15, 0.2) is 5.96 Å². The summed E-state index contributed by atoms with van der Waals surface area (Å²) < 4.78 is 0. The summed E-state index contributed by atoms with van der Waals surface area (Å²) in [6.07, 6.45) is 1.23. The SMILES string of the molecule is CN=C(NCC(C)(C)c1ccccc1Cl)NC1CC1C. The molecular formula is C16H24ClN3. The van der Waals surface area contributed by atoms with E-state index in [1.165, 1.54) is 6.42 Å². The van der Waals surface area contributed by atoms with Crippen molar-refractivity contribution in [3.8, 4) is 0 Å². The second-order valence-corrected chi connectivity index (χ2v) is 6.66. The molecule has 20 heavy (non-hydrogen) atoms. The third kappa shape index (κ3) is 3.66. The van der Waals surface area contributed by atoms with Crippen molar-refractivity contribution in [2.24, 2.45) is 10.9 Å². The van der Waals surface area contributed by atoms with Gasteiger partial charge in [0.2, 0.25) is 0 Å². The van der Waals surface area contributed by atoms with E-state index < -0.39 is 0 Å². The molecular weight excluding hydrogens is 270 g/mol. The first-order chi connectivity index (χ1) is 9.44. The zero-order valence-electron chi connectivity index (χ0n) is 12.7. The molecule has 3 nitrogen and oxygen atoms in total. The second-order valence-electron chi connectivity index (χ2n) is 6.25. The molecule has 0 aromatic heterocycles. The summed E-state index contributed by atoms with van der Waals surface area (Å²) >= 11 is 6.30. The number of guanidine groups is 1. The topological polar surface area (TPSA) is 36.4 Å². The fourth-order valence-corrected chi connectivity index (χ4v) is 2.69. The van der Waals surface area contributed by atoms with E-state index in [0.29, 0.717) is 6.04 Å². The lowest BCUT2D eigenvalue weighted by Gasteiger charge is -2.27. The Balaban J connectivity index is 1.96. The normalized spacial score (nSPS) is 22.6. The van der Waals surface area contributed by atoms with Gasteiger partial charge in [-0.1, -0.05) is 50.6 Å². The van der Waals surface area contributed by atoms with E-state index in [1.807, 2.05) is 25.2 Å². The second kappa shape index (κ2) is 6.04. The van der Waals surface area contributed by atoms with Crippen LogP contribution in [0.25, 0.3) is 0 Å². The van der Waals surface area contributed by atoms with E-state index in [0.717, 1.165) is 29.0 Å². The summed E-state index contributed by atoms with van der Waals surface area (Å²) in [7, 11) is 1.81. The Hall–Kier alpha value is -1.22. The van der Waals surface area contributed by atoms with Gasteiger partial charge in [0.25, 0.3) is 0 Å². The standard InChI is InChI=1S/C16H24ClN3/c1-11-9-14(11)20-15(18-4)19-10-16(2,3)12-7-5-6-8-13(12)17/h5-8,11,14H,9-10H2,1-4H3,(H2,18,19,20). The Morgan fingerprint density at radius 1 is 1.40 bits per heavy atom. The quantitative estimate of drug-likeness (QED) is 0.661. The molecule has 2 unspecified atom stereocenters. The highest BCUT2D eigenvalue weighted by atomic mass is 35.5. The molecule has 0 heterocycles. The van der Waals surface area contributed by atoms with Gasteiger partial charge in [-0.3, -0.25) is 4.99 Å². The maximum atomic E-state index is 6.30. The molecule has 1 aromatic carbocycles. The molecule has 2 atom stereocenters. The van der Waals surface area contributed by atoms with E-state index in [2.05, 4.69) is 42.5 Å². The van der Waals surface area contributed by atoms with Crippen molar-refractivity contribution in [2.45, 2.75) is 38.6 Å². The Bertz CT molecular complexity index is 496. The molecule has 0 spiro atoms. The zero-order valence-corrected chi connectivity index (χ0v) is 13.5. The van der Waals surface area contributed by atoms with Crippen molar-refractivity contribution < 1.29 is 0 Å². The lowest BCUT2D eigenvalue weighted by molar-refractivity contribution is 0.508. The van der Waals surface area contributed by atoms with E-state index in [-0.39, 0.29) is 5.41 Å². The molecule has 110 valence electrons. The first-order valence-electron chi connectivity index (χ1n) is 7.16. The molecule has 0 aliphatic heterocycles. The predicted octanol–water partition coefficient (Wildman–Crippen LogP) is 3.19. The van der Waals surface area contributed by atoms with Gasteiger partial charge in [0, 0.05) is 30.1 Å². The number of nitrogens with zero attached hydrogens (tertiary/aromatic N) is 1. The third-order valence-electron chi connectivity index (χ3n) is 3.96. The summed E-state index contributed by atoms with van der Waals surface area (Å²) in [6.45, 7) is 7.42. The maximum Gasteiger partial charge on any atom is 0.191 e. The third-order valence-corrected chi connectivity index (χ3v) is 4.29. The molecule has 2 rings (SSSR count). The summed E-state index contributed by atoms with van der Waals surface area (Å²) in [5.41, 5.74) is 1.11. The van der Waals surface area contributed by atoms with Crippen molar-refractivity contribution in [3.63, 3.8) is 0 Å². The smallest absolute Gasteiger partial charge is 0.191 e. The van der Waals surface area contributed by atoms with Gasteiger partial charge >= 0.3 is 0 Å². The fraction of sp³-hybridized carbons (Fsp3) is 0.562. The van der Waals surface area contributed by atoms with Crippen LogP contribution in [-0.2, 0) is 5.41 Å². The van der Waals surface area contributed by atoms with Gasteiger partial charge in [-0.25, -0.2) is 0 Å². The first-order valence-corrected chi connectivity index (χ1v) is 7.54. The number of aliphatic imine (C=N–C) groups is 1. The molecule has 0 saturated heterocycles. The molecule has 1 aliphatic carbocycles. The maximum absolute atomic E-state index is 6.30. The van der Waals surface area contributed by atoms with Crippen molar-refractivity contribution in [3.05, 3.63) is 34.9 Å². The van der Waals surface area contributed by atoms with Gasteiger partial charge < -0.3 is 10.6 Å². The van der Waals surface area contributed by atoms with Crippen LogP contribution < -0.4 is 10.6 Å². The summed E-state index contributed by atoms with van der Waals surface area (Å²) in [6, 6.07) is 8.59. The van der Waals surface area contributed by atoms with Crippen LogP contribution in [0.5, 0.6) is 0 Å². The average Bonchev–Trinajstić information content (AvgIpc) is 3.10. The minimum absolute atomic E-state index is 0.0505. The highest BCUT2D eigenvalue weighted by molar-refractivity contribution is 6.31. The molecule has 0 radical (unpaired) electrons. The van der Waals surface area contributed by atoms with Gasteiger partial charge in [0.1, 0.15) is 0 Å². The lowest BCUT2D eigenvalue weighted by atomic mass is 9.84. The molecule has 1 aliphatic rings. The minimum Gasteiger partial charge on any atom is -0.356 e. The number of hydrogen-bond donors (Lipinski definition) is 2. The van der Waals surface area contributed by atoms with E-state index in [1.54, 1.807) is 0 Å². The lowest BCUT2D eigenvalue weighted by Crippen LogP contribution is -2.44. The fourth-order valence-electron chi connectivity index (χ4n) is 2.30. The zero-order chi connectivity index (χ0) is 14.8. The monoisotopic (exact) mass is 293 g/mol. The number of halogens is 1. The Morgan fingerprint density at radius 2 is 2.05 bits per heavy atom. The van der Waals surface area contributed by atoms with Crippen LogP contribution in [0.3, 0.4) is 0 Å². The summed E-state index contributed by atoms with van der Waals surface area (Å²) in [5.74, 6) is 1.63. The van der Waals surface area contributed by atoms with Crippen LogP contribution in [0, 0.1) is 5.92 Å². The van der Waals surface area contributed by atoms with Crippen molar-refractivity contribution in [1.82, 2.24) is 10.6 Å². The van der Waals surface area contributed by atoms with E-state index in [9.17, 15) is 0 Å². The highest BCUT2D eigenvalue weighted by Crippen LogP contribution is 2.30. The van der Waals surface area contributed by atoms with Crippen LogP contribution in [0.4, 0.5) is 0 Å². The molecule has 0 bridgehead atoms. The summed E-state index contributed by atoms with van der Waals surface area (Å²) in [4.78, 5) is 4.28. The van der Waals surface area contributed by atoms with Crippen molar-refractivity contribution in [1.29, 1.82) is 0 Å². The van der Waals surface area contributed by atoms with Crippen LogP contribution in [0.15, 0.2) is 29.3 Å². The molecule has 1 saturated carbocycles. The van der Waals surface area contributed by atoms with Crippen LogP contribution in [-0.4, -0.2) is 25.6 Å².